The van der Waals surface area contributed by atoms with Gasteiger partial charge in [0.25, 0.3) is 5.91 Å². The highest BCUT2D eigenvalue weighted by Gasteiger charge is 2.25. The summed E-state index contributed by atoms with van der Waals surface area (Å²) in [5.41, 5.74) is 10.4. The maximum Gasteiger partial charge on any atom is 0.251 e. The first-order chi connectivity index (χ1) is 11.2. The number of benzene rings is 1. The third kappa shape index (κ3) is 2.25. The van der Waals surface area contributed by atoms with Crippen LogP contribution in [0.1, 0.15) is 39.3 Å². The molecular weight excluding hydrogens is 304 g/mol. The third-order valence-electron chi connectivity index (χ3n) is 4.59. The predicted molar refractivity (Wildman–Crippen MR) is 95.0 cm³/mol. The highest BCUT2D eigenvalue weighted by Crippen LogP contribution is 2.42. The molecule has 23 heavy (non-hydrogen) atoms. The average molecular weight is 322 g/mol. The van der Waals surface area contributed by atoms with Crippen molar-refractivity contribution in [1.29, 1.82) is 0 Å². The van der Waals surface area contributed by atoms with Gasteiger partial charge in [-0.15, -0.1) is 11.3 Å². The fourth-order valence-corrected chi connectivity index (χ4v) is 4.91. The van der Waals surface area contributed by atoms with Crippen LogP contribution < -0.4 is 5.73 Å². The van der Waals surface area contributed by atoms with Crippen molar-refractivity contribution in [2.75, 3.05) is 0 Å². The number of aromatic nitrogens is 1. The highest BCUT2D eigenvalue weighted by molar-refractivity contribution is 7.19. The second kappa shape index (κ2) is 5.46. The Kier molecular flexibility index (Phi) is 3.42. The molecule has 0 fully saturated rings. The summed E-state index contributed by atoms with van der Waals surface area (Å²) in [6.45, 7) is 1.88. The maximum atomic E-state index is 12.1. The maximum absolute atomic E-state index is 12.1. The van der Waals surface area contributed by atoms with Crippen LogP contribution in [0.3, 0.4) is 0 Å². The molecule has 3 aromatic rings. The SMILES string of the molecule is Cc1nc2sc3c(c2c(-c2ccccc2)c1C(N)=O)CCCC3. The van der Waals surface area contributed by atoms with Crippen LogP contribution in [-0.2, 0) is 12.8 Å². The van der Waals surface area contributed by atoms with Gasteiger partial charge >= 0.3 is 0 Å². The second-order valence-corrected chi connectivity index (χ2v) is 7.15. The van der Waals surface area contributed by atoms with Gasteiger partial charge in [0.1, 0.15) is 4.83 Å². The number of nitrogens with zero attached hydrogens (tertiary/aromatic N) is 1. The lowest BCUT2D eigenvalue weighted by Gasteiger charge is -2.15. The lowest BCUT2D eigenvalue weighted by Crippen LogP contribution is -2.15. The second-order valence-electron chi connectivity index (χ2n) is 6.07. The van der Waals surface area contributed by atoms with E-state index in [2.05, 4.69) is 0 Å². The van der Waals surface area contributed by atoms with E-state index < -0.39 is 5.91 Å². The number of carbonyl (C=O) groups is 1. The molecule has 0 saturated heterocycles. The van der Waals surface area contributed by atoms with Gasteiger partial charge in [0.2, 0.25) is 0 Å². The van der Waals surface area contributed by atoms with E-state index >= 15 is 0 Å². The molecule has 0 unspecified atom stereocenters. The number of fused-ring (bicyclic) bond motifs is 3. The Morgan fingerprint density at radius 3 is 2.65 bits per heavy atom. The van der Waals surface area contributed by atoms with Gasteiger partial charge < -0.3 is 5.73 Å². The van der Waals surface area contributed by atoms with E-state index in [0.29, 0.717) is 5.56 Å². The van der Waals surface area contributed by atoms with Crippen molar-refractivity contribution in [3.05, 3.63) is 52.0 Å². The number of nitrogens with two attached hydrogens (primary N) is 1. The number of thiophene rings is 1. The van der Waals surface area contributed by atoms with Gasteiger partial charge in [0.15, 0.2) is 0 Å². The first-order valence-electron chi connectivity index (χ1n) is 7.97. The molecule has 1 aliphatic carbocycles. The number of rotatable bonds is 2. The normalized spacial score (nSPS) is 14.0. The van der Waals surface area contributed by atoms with Gasteiger partial charge in [-0.05, 0) is 43.7 Å². The Bertz CT molecular complexity index is 912. The number of hydrogen-bond donors (Lipinski definition) is 1. The van der Waals surface area contributed by atoms with Crippen LogP contribution in [0, 0.1) is 6.92 Å². The van der Waals surface area contributed by atoms with Crippen LogP contribution >= 0.6 is 11.3 Å². The van der Waals surface area contributed by atoms with Gasteiger partial charge in [-0.3, -0.25) is 4.79 Å². The van der Waals surface area contributed by atoms with Gasteiger partial charge in [-0.1, -0.05) is 30.3 Å². The van der Waals surface area contributed by atoms with Gasteiger partial charge in [-0.25, -0.2) is 4.98 Å². The molecule has 0 spiro atoms. The zero-order chi connectivity index (χ0) is 16.0. The van der Waals surface area contributed by atoms with Crippen molar-refractivity contribution in [3.63, 3.8) is 0 Å². The zero-order valence-electron chi connectivity index (χ0n) is 13.1. The molecule has 4 rings (SSSR count). The molecule has 0 saturated carbocycles. The molecule has 116 valence electrons. The van der Waals surface area contributed by atoms with E-state index in [1.165, 1.54) is 23.3 Å². The molecule has 1 aliphatic rings. The van der Waals surface area contributed by atoms with Crippen LogP contribution in [0.25, 0.3) is 21.3 Å². The summed E-state index contributed by atoms with van der Waals surface area (Å²) in [5.74, 6) is -0.397. The van der Waals surface area contributed by atoms with E-state index in [0.717, 1.165) is 39.9 Å². The molecule has 3 nitrogen and oxygen atoms in total. The minimum atomic E-state index is -0.397. The van der Waals surface area contributed by atoms with Crippen LogP contribution in [-0.4, -0.2) is 10.9 Å². The van der Waals surface area contributed by atoms with Crippen LogP contribution in [0.2, 0.25) is 0 Å². The largest absolute Gasteiger partial charge is 0.366 e. The van der Waals surface area contributed by atoms with E-state index in [1.54, 1.807) is 11.3 Å². The lowest BCUT2D eigenvalue weighted by molar-refractivity contribution is 0.1000. The molecule has 0 bridgehead atoms. The minimum Gasteiger partial charge on any atom is -0.366 e. The quantitative estimate of drug-likeness (QED) is 0.767. The summed E-state index contributed by atoms with van der Waals surface area (Å²) in [4.78, 5) is 19.3. The lowest BCUT2D eigenvalue weighted by atomic mass is 9.89. The Labute approximate surface area is 139 Å². The highest BCUT2D eigenvalue weighted by atomic mass is 32.1. The molecule has 4 heteroatoms. The zero-order valence-corrected chi connectivity index (χ0v) is 13.9. The Balaban J connectivity index is 2.16. The Morgan fingerprint density at radius 1 is 1.17 bits per heavy atom. The van der Waals surface area contributed by atoms with Gasteiger partial charge in [-0.2, -0.15) is 0 Å². The van der Waals surface area contributed by atoms with Gasteiger partial charge in [0, 0.05) is 15.8 Å². The topological polar surface area (TPSA) is 56.0 Å². The number of pyridine rings is 1. The Morgan fingerprint density at radius 2 is 1.91 bits per heavy atom. The molecule has 0 radical (unpaired) electrons. The molecule has 2 N–H and O–H groups in total. The predicted octanol–water partition coefficient (Wildman–Crippen LogP) is 4.25. The summed E-state index contributed by atoms with van der Waals surface area (Å²) in [6.07, 6.45) is 4.63. The van der Waals surface area contributed by atoms with E-state index in [1.807, 2.05) is 37.3 Å². The minimum absolute atomic E-state index is 0.397. The van der Waals surface area contributed by atoms with Crippen LogP contribution in [0.4, 0.5) is 0 Å². The van der Waals surface area contributed by atoms with Crippen molar-refractivity contribution in [2.24, 2.45) is 5.73 Å². The number of aryl methyl sites for hydroxylation is 3. The van der Waals surface area contributed by atoms with E-state index in [-0.39, 0.29) is 0 Å². The summed E-state index contributed by atoms with van der Waals surface area (Å²) in [7, 11) is 0. The number of primary amides is 1. The molecule has 1 aromatic carbocycles. The van der Waals surface area contributed by atoms with E-state index in [9.17, 15) is 4.79 Å². The van der Waals surface area contributed by atoms with Crippen molar-refractivity contribution < 1.29 is 4.79 Å². The van der Waals surface area contributed by atoms with Gasteiger partial charge in [0.05, 0.1) is 11.3 Å². The molecule has 0 aliphatic heterocycles. The van der Waals surface area contributed by atoms with Crippen LogP contribution in [0.15, 0.2) is 30.3 Å². The number of carbonyl (C=O) groups excluding carboxylic acids is 1. The van der Waals surface area contributed by atoms with Crippen molar-refractivity contribution in [1.82, 2.24) is 4.98 Å². The summed E-state index contributed by atoms with van der Waals surface area (Å²) in [6, 6.07) is 10.1. The first-order valence-corrected chi connectivity index (χ1v) is 8.78. The summed E-state index contributed by atoms with van der Waals surface area (Å²) < 4.78 is 0. The smallest absolute Gasteiger partial charge is 0.251 e. The summed E-state index contributed by atoms with van der Waals surface area (Å²) >= 11 is 1.78. The molecule has 2 heterocycles. The third-order valence-corrected chi connectivity index (χ3v) is 5.78. The number of amides is 1. The molecule has 2 aromatic heterocycles. The standard InChI is InChI=1S/C19H18N2OS/c1-11-15(18(20)22)16(12-7-3-2-4-8-12)17-13-9-5-6-10-14(13)23-19(17)21-11/h2-4,7-8H,5-6,9-10H2,1H3,(H2,20,22). The van der Waals surface area contributed by atoms with Crippen molar-refractivity contribution in [2.45, 2.75) is 32.6 Å². The van der Waals surface area contributed by atoms with Crippen molar-refractivity contribution >= 4 is 27.5 Å². The molecular formula is C19H18N2OS. The monoisotopic (exact) mass is 322 g/mol. The molecule has 0 atom stereocenters. The fourth-order valence-electron chi connectivity index (χ4n) is 3.60. The fraction of sp³-hybridized carbons (Fsp3) is 0.263. The Hall–Kier alpha value is -2.20. The molecule has 1 amide bonds. The first kappa shape index (κ1) is 14.4. The average Bonchev–Trinajstić information content (AvgIpc) is 2.91. The van der Waals surface area contributed by atoms with E-state index in [4.69, 9.17) is 10.7 Å². The number of hydrogen-bond acceptors (Lipinski definition) is 3. The van der Waals surface area contributed by atoms with Crippen LogP contribution in [0.5, 0.6) is 0 Å². The summed E-state index contributed by atoms with van der Waals surface area (Å²) in [5, 5.41) is 1.15. The van der Waals surface area contributed by atoms with Crippen molar-refractivity contribution in [3.8, 4) is 11.1 Å².